The topological polar surface area (TPSA) is 96.3 Å². The van der Waals surface area contributed by atoms with Gasteiger partial charge in [0.25, 0.3) is 5.69 Å². The van der Waals surface area contributed by atoms with E-state index in [0.29, 0.717) is 28.3 Å². The summed E-state index contributed by atoms with van der Waals surface area (Å²) in [5, 5.41) is 16.2. The van der Waals surface area contributed by atoms with E-state index in [1.807, 2.05) is 30.3 Å². The highest BCUT2D eigenvalue weighted by Crippen LogP contribution is 2.33. The maximum Gasteiger partial charge on any atom is 0.270 e. The van der Waals surface area contributed by atoms with E-state index >= 15 is 0 Å². The molecule has 2 heterocycles. The molecule has 0 N–H and O–H groups in total. The van der Waals surface area contributed by atoms with Crippen LogP contribution in [-0.2, 0) is 22.8 Å². The summed E-state index contributed by atoms with van der Waals surface area (Å²) in [5.41, 5.74) is 2.45. The van der Waals surface area contributed by atoms with Gasteiger partial charge in [-0.15, -0.1) is 0 Å². The van der Waals surface area contributed by atoms with Gasteiger partial charge in [-0.05, 0) is 19.1 Å². The van der Waals surface area contributed by atoms with Gasteiger partial charge in [-0.1, -0.05) is 23.4 Å². The molecule has 8 nitrogen and oxygen atoms in total. The Morgan fingerprint density at radius 2 is 2.15 bits per heavy atom. The van der Waals surface area contributed by atoms with Crippen LogP contribution in [0.25, 0.3) is 11.0 Å². The summed E-state index contributed by atoms with van der Waals surface area (Å²) in [6.07, 6.45) is 0. The van der Waals surface area contributed by atoms with Gasteiger partial charge in [0.15, 0.2) is 12.6 Å². The number of furan rings is 1. The monoisotopic (exact) mass is 368 g/mol. The van der Waals surface area contributed by atoms with Crippen molar-refractivity contribution in [2.75, 3.05) is 6.79 Å². The summed E-state index contributed by atoms with van der Waals surface area (Å²) in [6, 6.07) is 12.4. The number of non-ortho nitro benzene ring substituents is 1. The molecule has 0 aliphatic carbocycles. The molecule has 27 heavy (non-hydrogen) atoms. The highest BCUT2D eigenvalue weighted by Gasteiger charge is 2.21. The highest BCUT2D eigenvalue weighted by molar-refractivity contribution is 5.99. The SMILES string of the molecule is C/C(=N\OCc1cc([N+](=O)[O-])cc2c1OCOC2)c1cc2ccccc2o1. The van der Waals surface area contributed by atoms with E-state index in [4.69, 9.17) is 18.7 Å². The third-order valence-corrected chi connectivity index (χ3v) is 4.19. The zero-order valence-electron chi connectivity index (χ0n) is 14.5. The molecule has 0 spiro atoms. The van der Waals surface area contributed by atoms with E-state index in [-0.39, 0.29) is 25.7 Å². The number of nitro groups is 1. The molecule has 0 saturated heterocycles. The van der Waals surface area contributed by atoms with E-state index in [0.717, 1.165) is 11.0 Å². The predicted octanol–water partition coefficient (Wildman–Crippen LogP) is 4.15. The summed E-state index contributed by atoms with van der Waals surface area (Å²) >= 11 is 0. The number of para-hydroxylation sites is 1. The lowest BCUT2D eigenvalue weighted by atomic mass is 10.1. The van der Waals surface area contributed by atoms with Gasteiger partial charge in [0, 0.05) is 28.6 Å². The van der Waals surface area contributed by atoms with Crippen LogP contribution in [-0.4, -0.2) is 17.4 Å². The molecule has 3 aromatic rings. The fraction of sp³-hybridized carbons (Fsp3) is 0.211. The maximum atomic E-state index is 11.1. The van der Waals surface area contributed by atoms with Crippen molar-refractivity contribution < 1.29 is 23.7 Å². The van der Waals surface area contributed by atoms with Gasteiger partial charge < -0.3 is 18.7 Å². The Morgan fingerprint density at radius 1 is 1.30 bits per heavy atom. The molecule has 0 atom stereocenters. The molecule has 0 amide bonds. The average Bonchev–Trinajstić information content (AvgIpc) is 3.12. The molecule has 0 radical (unpaired) electrons. The first-order valence-corrected chi connectivity index (χ1v) is 8.28. The van der Waals surface area contributed by atoms with Crippen molar-refractivity contribution in [3.8, 4) is 5.75 Å². The van der Waals surface area contributed by atoms with Gasteiger partial charge in [0.1, 0.15) is 23.7 Å². The molecule has 1 aromatic heterocycles. The second-order valence-electron chi connectivity index (χ2n) is 6.06. The number of nitro benzene ring substituents is 1. The Labute approximate surface area is 154 Å². The van der Waals surface area contributed by atoms with Gasteiger partial charge in [-0.25, -0.2) is 0 Å². The Kier molecular flexibility index (Phi) is 4.47. The molecule has 2 aromatic carbocycles. The van der Waals surface area contributed by atoms with Crippen molar-refractivity contribution >= 4 is 22.4 Å². The first-order chi connectivity index (χ1) is 13.1. The summed E-state index contributed by atoms with van der Waals surface area (Å²) in [4.78, 5) is 16.1. The smallest absolute Gasteiger partial charge is 0.270 e. The molecule has 0 fully saturated rings. The highest BCUT2D eigenvalue weighted by atomic mass is 16.7. The lowest BCUT2D eigenvalue weighted by Gasteiger charge is -2.20. The summed E-state index contributed by atoms with van der Waals surface area (Å²) in [5.74, 6) is 1.14. The normalized spacial score (nSPS) is 13.9. The number of oxime groups is 1. The number of hydrogen-bond acceptors (Lipinski definition) is 7. The number of fused-ring (bicyclic) bond motifs is 2. The number of nitrogens with zero attached hydrogens (tertiary/aromatic N) is 2. The molecular weight excluding hydrogens is 352 g/mol. The van der Waals surface area contributed by atoms with Crippen molar-refractivity contribution in [3.05, 3.63) is 69.5 Å². The Hall–Kier alpha value is -3.39. The van der Waals surface area contributed by atoms with E-state index in [1.54, 1.807) is 6.92 Å². The van der Waals surface area contributed by atoms with Crippen LogP contribution in [0.1, 0.15) is 23.8 Å². The molecule has 138 valence electrons. The minimum Gasteiger partial charge on any atom is -0.467 e. The van der Waals surface area contributed by atoms with Crippen LogP contribution in [0.2, 0.25) is 0 Å². The zero-order chi connectivity index (χ0) is 18.8. The van der Waals surface area contributed by atoms with E-state index < -0.39 is 4.92 Å². The average molecular weight is 368 g/mol. The minimum absolute atomic E-state index is 0.0293. The number of ether oxygens (including phenoxy) is 2. The molecule has 0 saturated carbocycles. The standard InChI is InChI=1S/C19H16N2O6/c1-12(18-8-13-4-2-3-5-17(13)27-18)20-26-10-15-7-16(21(22)23)6-14-9-24-11-25-19(14)15/h2-8H,9-11H2,1H3/b20-12+. The molecule has 1 aliphatic rings. The fourth-order valence-electron chi connectivity index (χ4n) is 2.90. The van der Waals surface area contributed by atoms with Crippen LogP contribution in [0.4, 0.5) is 5.69 Å². The third-order valence-electron chi connectivity index (χ3n) is 4.19. The van der Waals surface area contributed by atoms with Crippen LogP contribution < -0.4 is 4.74 Å². The largest absolute Gasteiger partial charge is 0.467 e. The third kappa shape index (κ3) is 3.47. The Bertz CT molecular complexity index is 1010. The lowest BCUT2D eigenvalue weighted by molar-refractivity contribution is -0.385. The molecule has 0 bridgehead atoms. The quantitative estimate of drug-likeness (QED) is 0.381. The Morgan fingerprint density at radius 3 is 2.96 bits per heavy atom. The molecule has 1 aliphatic heterocycles. The van der Waals surface area contributed by atoms with Crippen LogP contribution >= 0.6 is 0 Å². The molecule has 8 heteroatoms. The lowest BCUT2D eigenvalue weighted by Crippen LogP contribution is -2.14. The maximum absolute atomic E-state index is 11.1. The minimum atomic E-state index is -0.457. The first kappa shape index (κ1) is 17.0. The summed E-state index contributed by atoms with van der Waals surface area (Å²) in [6.45, 7) is 2.15. The van der Waals surface area contributed by atoms with E-state index in [2.05, 4.69) is 5.16 Å². The predicted molar refractivity (Wildman–Crippen MR) is 96.6 cm³/mol. The van der Waals surface area contributed by atoms with Crippen LogP contribution in [0.15, 0.2) is 52.0 Å². The number of rotatable bonds is 5. The summed E-state index contributed by atoms with van der Waals surface area (Å²) < 4.78 is 16.4. The van der Waals surface area contributed by atoms with Gasteiger partial charge in [-0.2, -0.15) is 0 Å². The van der Waals surface area contributed by atoms with Crippen LogP contribution in [0.5, 0.6) is 5.75 Å². The van der Waals surface area contributed by atoms with Crippen LogP contribution in [0.3, 0.4) is 0 Å². The summed E-state index contributed by atoms with van der Waals surface area (Å²) in [7, 11) is 0. The van der Waals surface area contributed by atoms with Crippen molar-refractivity contribution in [1.82, 2.24) is 0 Å². The molecule has 0 unspecified atom stereocenters. The number of benzene rings is 2. The van der Waals surface area contributed by atoms with Gasteiger partial charge in [0.2, 0.25) is 0 Å². The Balaban J connectivity index is 1.55. The molecular formula is C19H16N2O6. The zero-order valence-corrected chi connectivity index (χ0v) is 14.5. The van der Waals surface area contributed by atoms with Crippen molar-refractivity contribution in [1.29, 1.82) is 0 Å². The van der Waals surface area contributed by atoms with E-state index in [1.165, 1.54) is 12.1 Å². The van der Waals surface area contributed by atoms with Crippen molar-refractivity contribution in [2.24, 2.45) is 5.16 Å². The number of hydrogen-bond donors (Lipinski definition) is 0. The first-order valence-electron chi connectivity index (χ1n) is 8.28. The van der Waals surface area contributed by atoms with Crippen LogP contribution in [0, 0.1) is 10.1 Å². The van der Waals surface area contributed by atoms with Gasteiger partial charge >= 0.3 is 0 Å². The van der Waals surface area contributed by atoms with Gasteiger partial charge in [0.05, 0.1) is 11.5 Å². The molecule has 4 rings (SSSR count). The fourth-order valence-corrected chi connectivity index (χ4v) is 2.90. The van der Waals surface area contributed by atoms with E-state index in [9.17, 15) is 10.1 Å². The second-order valence-corrected chi connectivity index (χ2v) is 6.06. The van der Waals surface area contributed by atoms with Crippen molar-refractivity contribution in [2.45, 2.75) is 20.1 Å². The second kappa shape index (κ2) is 7.08. The van der Waals surface area contributed by atoms with Gasteiger partial charge in [-0.3, -0.25) is 10.1 Å². The van der Waals surface area contributed by atoms with Crippen molar-refractivity contribution in [3.63, 3.8) is 0 Å².